The highest BCUT2D eigenvalue weighted by molar-refractivity contribution is 7.92. The van der Waals surface area contributed by atoms with Gasteiger partial charge in [-0.1, -0.05) is 51.1 Å². The number of fused-ring (bicyclic) bond motifs is 4. The first-order valence-corrected chi connectivity index (χ1v) is 16.8. The Kier molecular flexibility index (Phi) is 8.54. The van der Waals surface area contributed by atoms with Gasteiger partial charge in [0.15, 0.2) is 0 Å². The van der Waals surface area contributed by atoms with Crippen molar-refractivity contribution in [3.8, 4) is 28.3 Å². The maximum Gasteiger partial charge on any atom is 0.264 e. The maximum absolute atomic E-state index is 14.5. The van der Waals surface area contributed by atoms with Crippen molar-refractivity contribution in [2.45, 2.75) is 58.5 Å². The third kappa shape index (κ3) is 7.02. The van der Waals surface area contributed by atoms with Crippen LogP contribution in [0.4, 0.5) is 5.95 Å². The molecule has 2 N–H and O–H groups in total. The summed E-state index contributed by atoms with van der Waals surface area (Å²) in [5.41, 5.74) is 5.66. The van der Waals surface area contributed by atoms with E-state index in [1.165, 1.54) is 12.1 Å². The molecule has 0 aliphatic carbocycles. The normalized spacial score (nSPS) is 16.3. The number of pyridine rings is 1. The molecule has 242 valence electrons. The quantitative estimate of drug-likeness (QED) is 0.229. The molecule has 2 aromatic carbocycles. The molecule has 5 aromatic rings. The second-order valence-corrected chi connectivity index (χ2v) is 14.6. The van der Waals surface area contributed by atoms with E-state index in [0.29, 0.717) is 17.8 Å². The van der Waals surface area contributed by atoms with Crippen molar-refractivity contribution >= 4 is 21.9 Å². The van der Waals surface area contributed by atoms with Gasteiger partial charge in [-0.05, 0) is 61.1 Å². The maximum atomic E-state index is 14.5. The van der Waals surface area contributed by atoms with Gasteiger partial charge in [-0.25, -0.2) is 18.1 Å². The van der Waals surface area contributed by atoms with Gasteiger partial charge in [0.1, 0.15) is 6.61 Å². The molecule has 1 atom stereocenters. The lowest BCUT2D eigenvalue weighted by atomic mass is 9.87. The van der Waals surface area contributed by atoms with Gasteiger partial charge in [-0.3, -0.25) is 14.9 Å². The molecule has 0 radical (unpaired) electrons. The Balaban J connectivity index is 1.51. The summed E-state index contributed by atoms with van der Waals surface area (Å²) in [6, 6.07) is 17.0. The lowest BCUT2D eigenvalue weighted by molar-refractivity contribution is 0.0510. The first-order chi connectivity index (χ1) is 22.4. The molecule has 0 saturated carbocycles. The van der Waals surface area contributed by atoms with Gasteiger partial charge in [-0.15, -0.1) is 0 Å². The minimum absolute atomic E-state index is 0.0876. The second-order valence-electron chi connectivity index (χ2n) is 13.0. The molecule has 47 heavy (non-hydrogen) atoms. The van der Waals surface area contributed by atoms with E-state index in [4.69, 9.17) is 4.74 Å². The largest absolute Gasteiger partial charge is 0.475 e. The van der Waals surface area contributed by atoms with Crippen LogP contribution in [-0.4, -0.2) is 57.0 Å². The number of rotatable bonds is 5. The fraction of sp³-hybridized carbons (Fsp3) is 0.286. The first kappa shape index (κ1) is 31.9. The Morgan fingerprint density at radius 2 is 1.74 bits per heavy atom. The number of carbonyl (C=O) groups is 1. The third-order valence-corrected chi connectivity index (χ3v) is 9.38. The smallest absolute Gasteiger partial charge is 0.264 e. The average Bonchev–Trinajstić information content (AvgIpc) is 3.56. The van der Waals surface area contributed by atoms with Gasteiger partial charge < -0.3 is 9.64 Å². The molecular weight excluding hydrogens is 614 g/mol. The van der Waals surface area contributed by atoms with Crippen molar-refractivity contribution in [2.75, 3.05) is 11.3 Å². The molecule has 12 heteroatoms. The summed E-state index contributed by atoms with van der Waals surface area (Å²) in [6.45, 7) is 10.5. The number of nitrogens with zero attached hydrogens (tertiary/aromatic N) is 5. The number of sulfonamides is 1. The molecule has 0 unspecified atom stereocenters. The number of hydrogen-bond acceptors (Lipinski definition) is 8. The summed E-state index contributed by atoms with van der Waals surface area (Å²) in [6.07, 6.45) is 5.75. The van der Waals surface area contributed by atoms with Gasteiger partial charge in [-0.2, -0.15) is 10.1 Å². The number of carbonyl (C=O) groups excluding carboxylic acids is 1. The van der Waals surface area contributed by atoms with Gasteiger partial charge >= 0.3 is 0 Å². The Labute approximate surface area is 274 Å². The number of amides is 1. The summed E-state index contributed by atoms with van der Waals surface area (Å²) < 4.78 is 36.3. The number of benzene rings is 2. The first-order valence-electron chi connectivity index (χ1n) is 15.3. The van der Waals surface area contributed by atoms with Crippen molar-refractivity contribution in [1.29, 1.82) is 0 Å². The monoisotopic (exact) mass is 651 g/mol. The number of H-pyrrole nitrogens is 1. The number of aryl methyl sites for hydroxylation is 2. The number of ether oxygens (including phenoxy) is 1. The molecule has 0 fully saturated rings. The van der Waals surface area contributed by atoms with Crippen LogP contribution < -0.4 is 9.46 Å². The Morgan fingerprint density at radius 1 is 0.979 bits per heavy atom. The van der Waals surface area contributed by atoms with Crippen LogP contribution in [-0.2, 0) is 16.6 Å². The fourth-order valence-corrected chi connectivity index (χ4v) is 6.92. The van der Waals surface area contributed by atoms with Crippen LogP contribution in [0.15, 0.2) is 84.1 Å². The molecule has 6 rings (SSSR count). The highest BCUT2D eigenvalue weighted by Crippen LogP contribution is 2.32. The summed E-state index contributed by atoms with van der Waals surface area (Å²) in [5, 5.41) is 6.94. The molecule has 1 amide bonds. The number of aromatic amines is 1. The van der Waals surface area contributed by atoms with Gasteiger partial charge in [0.25, 0.3) is 15.9 Å². The minimum Gasteiger partial charge on any atom is -0.475 e. The van der Waals surface area contributed by atoms with Crippen molar-refractivity contribution in [2.24, 2.45) is 5.41 Å². The molecule has 3 aromatic heterocycles. The van der Waals surface area contributed by atoms with E-state index < -0.39 is 16.1 Å². The molecule has 0 saturated heterocycles. The number of aromatic nitrogens is 5. The van der Waals surface area contributed by atoms with E-state index in [0.717, 1.165) is 27.8 Å². The standard InChI is InChI=1S/C35H37N7O4S/c1-22-9-6-10-23(2)32(22)29-16-31-40-34(39-29)41-47(44,45)27-12-7-11-24(15-27)33(43)42(26(21-46-31)17-35(3,4)5)20-30-28(13-8-14-36-30)25-18-37-38-19-25/h6-16,18-19,26H,17,20-21H2,1-5H3,(H,37,38)(H,39,40,41)/t26-/m1/s1. The van der Waals surface area contributed by atoms with E-state index in [1.54, 1.807) is 41.7 Å². The Bertz CT molecular complexity index is 2020. The molecular formula is C35H37N7O4S. The van der Waals surface area contributed by atoms with Crippen molar-refractivity contribution < 1.29 is 17.9 Å². The molecule has 1 aliphatic rings. The van der Waals surface area contributed by atoms with Crippen LogP contribution in [0.1, 0.15) is 54.4 Å². The molecule has 1 aliphatic heterocycles. The highest BCUT2D eigenvalue weighted by atomic mass is 32.2. The van der Waals surface area contributed by atoms with E-state index >= 15 is 0 Å². The van der Waals surface area contributed by atoms with Crippen LogP contribution in [0, 0.1) is 19.3 Å². The van der Waals surface area contributed by atoms with Crippen LogP contribution in [0.2, 0.25) is 0 Å². The predicted molar refractivity (Wildman–Crippen MR) is 179 cm³/mol. The predicted octanol–water partition coefficient (Wildman–Crippen LogP) is 6.19. The van der Waals surface area contributed by atoms with Crippen LogP contribution >= 0.6 is 0 Å². The van der Waals surface area contributed by atoms with E-state index in [-0.39, 0.29) is 46.8 Å². The summed E-state index contributed by atoms with van der Waals surface area (Å²) in [5.74, 6) is -0.292. The number of hydrogen-bond donors (Lipinski definition) is 2. The molecule has 11 nitrogen and oxygen atoms in total. The Hall–Kier alpha value is -5.10. The van der Waals surface area contributed by atoms with Crippen molar-refractivity contribution in [3.63, 3.8) is 0 Å². The number of nitrogens with one attached hydrogen (secondary N) is 2. The summed E-state index contributed by atoms with van der Waals surface area (Å²) in [7, 11) is -4.18. The minimum atomic E-state index is -4.18. The van der Waals surface area contributed by atoms with E-state index in [1.807, 2.05) is 44.2 Å². The molecule has 4 bridgehead atoms. The third-order valence-electron chi connectivity index (χ3n) is 8.05. The van der Waals surface area contributed by atoms with Crippen LogP contribution in [0.5, 0.6) is 5.88 Å². The lowest BCUT2D eigenvalue weighted by Gasteiger charge is -2.36. The van der Waals surface area contributed by atoms with Crippen LogP contribution in [0.3, 0.4) is 0 Å². The zero-order valence-corrected chi connectivity index (χ0v) is 27.8. The van der Waals surface area contributed by atoms with Gasteiger partial charge in [0, 0.05) is 40.7 Å². The SMILES string of the molecule is Cc1cccc(C)c1-c1cc2nc(n1)NS(=O)(=O)c1cccc(c1)C(=O)N(Cc1ncccc1-c1cn[nH]c1)[C@H](CC(C)(C)C)CO2. The number of anilines is 1. The lowest BCUT2D eigenvalue weighted by Crippen LogP contribution is -2.45. The fourth-order valence-electron chi connectivity index (χ4n) is 5.93. The van der Waals surface area contributed by atoms with Gasteiger partial charge in [0.2, 0.25) is 11.8 Å². The topological polar surface area (TPSA) is 143 Å². The second kappa shape index (κ2) is 12.6. The Morgan fingerprint density at radius 3 is 2.47 bits per heavy atom. The highest BCUT2D eigenvalue weighted by Gasteiger charge is 2.32. The zero-order valence-electron chi connectivity index (χ0n) is 27.0. The zero-order chi connectivity index (χ0) is 33.3. The van der Waals surface area contributed by atoms with Crippen molar-refractivity contribution in [3.05, 3.63) is 102 Å². The summed E-state index contributed by atoms with van der Waals surface area (Å²) in [4.78, 5) is 29.9. The summed E-state index contributed by atoms with van der Waals surface area (Å²) >= 11 is 0. The van der Waals surface area contributed by atoms with Crippen LogP contribution in [0.25, 0.3) is 22.4 Å². The molecule has 4 heterocycles. The van der Waals surface area contributed by atoms with Gasteiger partial charge in [0.05, 0.1) is 35.1 Å². The van der Waals surface area contributed by atoms with E-state index in [9.17, 15) is 13.2 Å². The average molecular weight is 652 g/mol. The van der Waals surface area contributed by atoms with Crippen molar-refractivity contribution in [1.82, 2.24) is 30.0 Å². The van der Waals surface area contributed by atoms with E-state index in [2.05, 4.69) is 50.6 Å². The molecule has 0 spiro atoms.